The van der Waals surface area contributed by atoms with Gasteiger partial charge in [0.05, 0.1) is 6.04 Å². The minimum Gasteiger partial charge on any atom is -0.318 e. The van der Waals surface area contributed by atoms with E-state index in [2.05, 4.69) is 10.1 Å². The number of aromatic nitrogens is 3. The molecule has 2 aromatic rings. The quantitative estimate of drug-likeness (QED) is 0.838. The minimum atomic E-state index is -0.269. The lowest BCUT2D eigenvalue weighted by molar-refractivity contribution is 0.659. The summed E-state index contributed by atoms with van der Waals surface area (Å²) in [5.41, 5.74) is 7.01. The first kappa shape index (κ1) is 10.1. The Morgan fingerprint density at radius 2 is 2.00 bits per heavy atom. The Balaban J connectivity index is 2.32. The van der Waals surface area contributed by atoms with E-state index in [-0.39, 0.29) is 6.04 Å². The third-order valence-corrected chi connectivity index (χ3v) is 2.51. The van der Waals surface area contributed by atoms with Crippen molar-refractivity contribution in [3.05, 3.63) is 47.0 Å². The van der Waals surface area contributed by atoms with Gasteiger partial charge in [-0.2, -0.15) is 5.10 Å². The molecule has 4 nitrogen and oxygen atoms in total. The highest BCUT2D eigenvalue weighted by Crippen LogP contribution is 2.18. The number of nitrogens with zero attached hydrogens (tertiary/aromatic N) is 3. The first-order valence-corrected chi connectivity index (χ1v) is 4.91. The van der Waals surface area contributed by atoms with E-state index in [1.165, 1.54) is 6.33 Å². The molecule has 0 radical (unpaired) electrons. The molecule has 1 aromatic heterocycles. The predicted octanol–water partition coefficient (Wildman–Crippen LogP) is 1.52. The molecule has 0 bridgehead atoms. The normalized spacial score (nSPS) is 12.7. The van der Waals surface area contributed by atoms with E-state index < -0.39 is 0 Å². The minimum absolute atomic E-state index is 0.269. The second-order valence-corrected chi connectivity index (χ2v) is 3.71. The summed E-state index contributed by atoms with van der Waals surface area (Å²) in [6.45, 7) is 0. The lowest BCUT2D eigenvalue weighted by Gasteiger charge is -2.10. The van der Waals surface area contributed by atoms with Crippen LogP contribution >= 0.6 is 11.6 Å². The molecule has 15 heavy (non-hydrogen) atoms. The van der Waals surface area contributed by atoms with E-state index in [1.807, 2.05) is 31.3 Å². The number of benzene rings is 1. The second kappa shape index (κ2) is 4.00. The Labute approximate surface area is 92.7 Å². The van der Waals surface area contributed by atoms with Crippen LogP contribution in [-0.4, -0.2) is 14.8 Å². The molecule has 2 N–H and O–H groups in total. The smallest absolute Gasteiger partial charge is 0.148 e. The van der Waals surface area contributed by atoms with Gasteiger partial charge in [-0.1, -0.05) is 23.7 Å². The van der Waals surface area contributed by atoms with Gasteiger partial charge in [0, 0.05) is 12.1 Å². The highest BCUT2D eigenvalue weighted by atomic mass is 35.5. The van der Waals surface area contributed by atoms with Crippen LogP contribution in [-0.2, 0) is 7.05 Å². The number of rotatable bonds is 2. The zero-order valence-electron chi connectivity index (χ0n) is 8.26. The molecule has 5 heteroatoms. The van der Waals surface area contributed by atoms with Gasteiger partial charge in [0.15, 0.2) is 0 Å². The van der Waals surface area contributed by atoms with E-state index >= 15 is 0 Å². The van der Waals surface area contributed by atoms with Crippen LogP contribution < -0.4 is 5.73 Å². The number of nitrogens with two attached hydrogens (primary N) is 1. The average Bonchev–Trinajstić information content (AvgIpc) is 2.65. The van der Waals surface area contributed by atoms with Crippen LogP contribution in [0.4, 0.5) is 0 Å². The molecule has 1 heterocycles. The molecule has 0 fully saturated rings. The molecule has 0 aliphatic rings. The zero-order valence-corrected chi connectivity index (χ0v) is 9.02. The summed E-state index contributed by atoms with van der Waals surface area (Å²) in [4.78, 5) is 4.11. The van der Waals surface area contributed by atoms with Crippen molar-refractivity contribution >= 4 is 11.6 Å². The number of hydrogen-bond donors (Lipinski definition) is 1. The van der Waals surface area contributed by atoms with Gasteiger partial charge in [0.1, 0.15) is 12.2 Å². The molecule has 1 aromatic carbocycles. The largest absolute Gasteiger partial charge is 0.318 e. The van der Waals surface area contributed by atoms with Crippen molar-refractivity contribution in [1.82, 2.24) is 14.8 Å². The third kappa shape index (κ3) is 2.00. The lowest BCUT2D eigenvalue weighted by Crippen LogP contribution is -2.16. The van der Waals surface area contributed by atoms with Crippen molar-refractivity contribution in [3.63, 3.8) is 0 Å². The first-order chi connectivity index (χ1) is 7.18. The monoisotopic (exact) mass is 222 g/mol. The molecule has 2 rings (SSSR count). The molecule has 0 aliphatic carbocycles. The van der Waals surface area contributed by atoms with Gasteiger partial charge < -0.3 is 5.73 Å². The maximum atomic E-state index is 6.05. The molecule has 0 aliphatic heterocycles. The van der Waals surface area contributed by atoms with Gasteiger partial charge in [-0.15, -0.1) is 0 Å². The molecule has 1 unspecified atom stereocenters. The highest BCUT2D eigenvalue weighted by Gasteiger charge is 2.13. The molecule has 0 saturated heterocycles. The van der Waals surface area contributed by atoms with Crippen molar-refractivity contribution < 1.29 is 0 Å². The van der Waals surface area contributed by atoms with Crippen LogP contribution in [0.15, 0.2) is 30.6 Å². The average molecular weight is 223 g/mol. The second-order valence-electron chi connectivity index (χ2n) is 3.27. The van der Waals surface area contributed by atoms with Crippen LogP contribution in [0.1, 0.15) is 17.4 Å². The van der Waals surface area contributed by atoms with Gasteiger partial charge in [-0.25, -0.2) is 4.98 Å². The lowest BCUT2D eigenvalue weighted by atomic mass is 10.1. The van der Waals surface area contributed by atoms with Gasteiger partial charge in [-0.3, -0.25) is 4.68 Å². The standard InChI is InChI=1S/C10H11ClN4/c1-15-10(13-6-14-15)9(12)7-2-4-8(11)5-3-7/h2-6,9H,12H2,1H3. The number of halogens is 1. The Bertz CT molecular complexity index is 449. The van der Waals surface area contributed by atoms with Crippen LogP contribution in [0.5, 0.6) is 0 Å². The summed E-state index contributed by atoms with van der Waals surface area (Å²) in [5.74, 6) is 0.734. The summed E-state index contributed by atoms with van der Waals surface area (Å²) in [6, 6.07) is 7.14. The Kier molecular flexibility index (Phi) is 2.70. The molecule has 0 spiro atoms. The van der Waals surface area contributed by atoms with E-state index in [0.717, 1.165) is 11.4 Å². The van der Waals surface area contributed by atoms with Crippen LogP contribution in [0.3, 0.4) is 0 Å². The van der Waals surface area contributed by atoms with Crippen molar-refractivity contribution in [2.45, 2.75) is 6.04 Å². The van der Waals surface area contributed by atoms with Crippen molar-refractivity contribution in [2.24, 2.45) is 12.8 Å². The summed E-state index contributed by atoms with van der Waals surface area (Å²) < 4.78 is 1.67. The summed E-state index contributed by atoms with van der Waals surface area (Å²) in [5, 5.41) is 4.68. The van der Waals surface area contributed by atoms with Gasteiger partial charge >= 0.3 is 0 Å². The van der Waals surface area contributed by atoms with Crippen molar-refractivity contribution in [1.29, 1.82) is 0 Å². The van der Waals surface area contributed by atoms with Gasteiger partial charge in [-0.05, 0) is 17.7 Å². The van der Waals surface area contributed by atoms with Crippen molar-refractivity contribution in [3.8, 4) is 0 Å². The molecular formula is C10H11ClN4. The molecule has 1 atom stereocenters. The Morgan fingerprint density at radius 1 is 1.33 bits per heavy atom. The number of aryl methyl sites for hydroxylation is 1. The molecule has 0 saturated carbocycles. The van der Waals surface area contributed by atoms with Gasteiger partial charge in [0.2, 0.25) is 0 Å². The van der Waals surface area contributed by atoms with Crippen LogP contribution in [0.25, 0.3) is 0 Å². The van der Waals surface area contributed by atoms with E-state index in [1.54, 1.807) is 4.68 Å². The molecular weight excluding hydrogens is 212 g/mol. The Morgan fingerprint density at radius 3 is 2.53 bits per heavy atom. The molecule has 78 valence electrons. The van der Waals surface area contributed by atoms with Crippen molar-refractivity contribution in [2.75, 3.05) is 0 Å². The zero-order chi connectivity index (χ0) is 10.8. The summed E-state index contributed by atoms with van der Waals surface area (Å²) >= 11 is 5.80. The fourth-order valence-corrected chi connectivity index (χ4v) is 1.53. The fraction of sp³-hybridized carbons (Fsp3) is 0.200. The molecule has 0 amide bonds. The predicted molar refractivity (Wildman–Crippen MR) is 58.5 cm³/mol. The first-order valence-electron chi connectivity index (χ1n) is 4.53. The SMILES string of the molecule is Cn1ncnc1C(N)c1ccc(Cl)cc1. The highest BCUT2D eigenvalue weighted by molar-refractivity contribution is 6.30. The fourth-order valence-electron chi connectivity index (χ4n) is 1.41. The maximum Gasteiger partial charge on any atom is 0.148 e. The Hall–Kier alpha value is -1.39. The topological polar surface area (TPSA) is 56.7 Å². The van der Waals surface area contributed by atoms with E-state index in [0.29, 0.717) is 5.02 Å². The van der Waals surface area contributed by atoms with Crippen LogP contribution in [0, 0.1) is 0 Å². The number of hydrogen-bond acceptors (Lipinski definition) is 3. The third-order valence-electron chi connectivity index (χ3n) is 2.25. The van der Waals surface area contributed by atoms with E-state index in [9.17, 15) is 0 Å². The van der Waals surface area contributed by atoms with Gasteiger partial charge in [0.25, 0.3) is 0 Å². The van der Waals surface area contributed by atoms with Crippen LogP contribution in [0.2, 0.25) is 5.02 Å². The maximum absolute atomic E-state index is 6.05. The van der Waals surface area contributed by atoms with E-state index in [4.69, 9.17) is 17.3 Å². The summed E-state index contributed by atoms with van der Waals surface area (Å²) in [6.07, 6.45) is 1.49. The summed E-state index contributed by atoms with van der Waals surface area (Å²) in [7, 11) is 1.82.